The minimum Gasteiger partial charge on any atom is -0.493 e. The van der Waals surface area contributed by atoms with Gasteiger partial charge in [0.15, 0.2) is 21.3 Å². The number of alkyl halides is 3. The number of hydrogen-bond acceptors (Lipinski definition) is 8. The maximum Gasteiger partial charge on any atom is 0.451 e. The molecule has 1 heterocycles. The minimum atomic E-state index is -4.93. The molecule has 0 bridgehead atoms. The Morgan fingerprint density at radius 1 is 1.11 bits per heavy atom. The van der Waals surface area contributed by atoms with Gasteiger partial charge >= 0.3 is 6.18 Å². The van der Waals surface area contributed by atoms with Crippen molar-refractivity contribution in [1.29, 1.82) is 5.26 Å². The number of sulfone groups is 1. The molecule has 0 aliphatic rings. The molecule has 13 heteroatoms. The average Bonchev–Trinajstić information content (AvgIpc) is 2.78. The number of anilines is 1. The molecule has 0 spiro atoms. The molecule has 3 rings (SSSR count). The lowest BCUT2D eigenvalue weighted by Crippen LogP contribution is -2.20. The third kappa shape index (κ3) is 5.85. The van der Waals surface area contributed by atoms with Gasteiger partial charge in [-0.25, -0.2) is 13.4 Å². The smallest absolute Gasteiger partial charge is 0.451 e. The summed E-state index contributed by atoms with van der Waals surface area (Å²) < 4.78 is 74.4. The first-order chi connectivity index (χ1) is 16.3. The SMILES string of the molecule is COc1cc(C#N)ccc1Oc1nc(C(F)(F)F)nc(C)c1C(=O)Nc1cccc(S(C)(=O)=O)c1. The van der Waals surface area contributed by atoms with E-state index in [0.29, 0.717) is 0 Å². The van der Waals surface area contributed by atoms with E-state index >= 15 is 0 Å². The Balaban J connectivity index is 2.09. The minimum absolute atomic E-state index is 0.0149. The van der Waals surface area contributed by atoms with Gasteiger partial charge in [-0.15, -0.1) is 0 Å². The van der Waals surface area contributed by atoms with Crippen LogP contribution in [0.15, 0.2) is 47.4 Å². The van der Waals surface area contributed by atoms with Crippen molar-refractivity contribution in [2.45, 2.75) is 18.0 Å². The third-order valence-electron chi connectivity index (χ3n) is 4.56. The topological polar surface area (TPSA) is 131 Å². The second kappa shape index (κ2) is 9.59. The third-order valence-corrected chi connectivity index (χ3v) is 5.67. The molecule has 1 aromatic heterocycles. The van der Waals surface area contributed by atoms with Gasteiger partial charge in [-0.3, -0.25) is 4.79 Å². The lowest BCUT2D eigenvalue weighted by Gasteiger charge is -2.16. The number of ether oxygens (including phenoxy) is 2. The number of nitrogens with zero attached hydrogens (tertiary/aromatic N) is 3. The zero-order valence-electron chi connectivity index (χ0n) is 18.5. The van der Waals surface area contributed by atoms with Gasteiger partial charge < -0.3 is 14.8 Å². The van der Waals surface area contributed by atoms with E-state index in [1.807, 2.05) is 6.07 Å². The molecule has 0 unspecified atom stereocenters. The first-order valence-corrected chi connectivity index (χ1v) is 11.6. The fraction of sp³-hybridized carbons (Fsp3) is 0.182. The van der Waals surface area contributed by atoms with Crippen LogP contribution in [0.5, 0.6) is 17.4 Å². The van der Waals surface area contributed by atoms with Crippen LogP contribution in [0.25, 0.3) is 0 Å². The number of nitrogens with one attached hydrogen (secondary N) is 1. The van der Waals surface area contributed by atoms with E-state index in [2.05, 4.69) is 15.3 Å². The van der Waals surface area contributed by atoms with E-state index in [4.69, 9.17) is 14.7 Å². The second-order valence-electron chi connectivity index (χ2n) is 7.14. The van der Waals surface area contributed by atoms with Gasteiger partial charge in [0.05, 0.1) is 29.3 Å². The molecule has 0 aliphatic carbocycles. The fourth-order valence-electron chi connectivity index (χ4n) is 2.93. The highest BCUT2D eigenvalue weighted by molar-refractivity contribution is 7.90. The average molecular weight is 506 g/mol. The number of methoxy groups -OCH3 is 1. The highest BCUT2D eigenvalue weighted by Crippen LogP contribution is 2.36. The maximum atomic E-state index is 13.4. The molecule has 182 valence electrons. The second-order valence-corrected chi connectivity index (χ2v) is 9.16. The van der Waals surface area contributed by atoms with Gasteiger partial charge in [0.25, 0.3) is 5.91 Å². The summed E-state index contributed by atoms with van der Waals surface area (Å²) in [5, 5.41) is 11.5. The zero-order valence-corrected chi connectivity index (χ0v) is 19.3. The molecule has 1 amide bonds. The lowest BCUT2D eigenvalue weighted by atomic mass is 10.2. The molecule has 1 N–H and O–H groups in total. The predicted octanol–water partition coefficient (Wildman–Crippen LogP) is 4.13. The number of carbonyl (C=O) groups excluding carboxylic acids is 1. The van der Waals surface area contributed by atoms with Crippen LogP contribution in [0.2, 0.25) is 0 Å². The molecular weight excluding hydrogens is 489 g/mol. The van der Waals surface area contributed by atoms with Crippen molar-refractivity contribution in [3.8, 4) is 23.4 Å². The Bertz CT molecular complexity index is 1450. The number of amides is 1. The summed E-state index contributed by atoms with van der Waals surface area (Å²) in [6.45, 7) is 1.17. The number of nitriles is 1. The van der Waals surface area contributed by atoms with E-state index in [0.717, 1.165) is 6.26 Å². The van der Waals surface area contributed by atoms with Crippen LogP contribution >= 0.6 is 0 Å². The first kappa shape index (κ1) is 25.4. The van der Waals surface area contributed by atoms with Gasteiger partial charge in [0.1, 0.15) is 5.56 Å². The van der Waals surface area contributed by atoms with Gasteiger partial charge in [-0.1, -0.05) is 6.07 Å². The summed E-state index contributed by atoms with van der Waals surface area (Å²) in [7, 11) is -2.32. The van der Waals surface area contributed by atoms with Crippen LogP contribution in [0, 0.1) is 18.3 Å². The summed E-state index contributed by atoms with van der Waals surface area (Å²) in [5.41, 5.74) is -0.493. The number of rotatable bonds is 6. The van der Waals surface area contributed by atoms with Crippen LogP contribution in [-0.2, 0) is 16.0 Å². The molecule has 0 saturated carbocycles. The first-order valence-electron chi connectivity index (χ1n) is 9.66. The number of halogens is 3. The number of benzene rings is 2. The zero-order chi connectivity index (χ0) is 26.0. The molecule has 0 saturated heterocycles. The Hall–Kier alpha value is -4.18. The summed E-state index contributed by atoms with van der Waals surface area (Å²) in [6, 6.07) is 11.1. The molecule has 35 heavy (non-hydrogen) atoms. The summed E-state index contributed by atoms with van der Waals surface area (Å²) in [4.78, 5) is 19.8. The van der Waals surface area contributed by atoms with Crippen LogP contribution in [0.3, 0.4) is 0 Å². The Morgan fingerprint density at radius 2 is 1.83 bits per heavy atom. The van der Waals surface area contributed by atoms with Crippen molar-refractivity contribution in [3.05, 3.63) is 65.1 Å². The number of aryl methyl sites for hydroxylation is 1. The van der Waals surface area contributed by atoms with Crippen molar-refractivity contribution in [1.82, 2.24) is 9.97 Å². The highest BCUT2D eigenvalue weighted by atomic mass is 32.2. The molecule has 0 aliphatic heterocycles. The largest absolute Gasteiger partial charge is 0.493 e. The molecular formula is C22H17F3N4O5S. The van der Waals surface area contributed by atoms with Gasteiger partial charge in [-0.2, -0.15) is 23.4 Å². The van der Waals surface area contributed by atoms with Gasteiger partial charge in [0, 0.05) is 18.0 Å². The number of carbonyl (C=O) groups is 1. The van der Waals surface area contributed by atoms with Crippen LogP contribution in [-0.4, -0.2) is 37.7 Å². The van der Waals surface area contributed by atoms with Crippen molar-refractivity contribution in [2.24, 2.45) is 0 Å². The van der Waals surface area contributed by atoms with E-state index < -0.39 is 39.2 Å². The number of hydrogen-bond donors (Lipinski definition) is 1. The molecule has 3 aromatic rings. The van der Waals surface area contributed by atoms with Crippen molar-refractivity contribution < 1.29 is 35.9 Å². The van der Waals surface area contributed by atoms with E-state index in [9.17, 15) is 26.4 Å². The molecule has 0 radical (unpaired) electrons. The van der Waals surface area contributed by atoms with E-state index in [1.165, 1.54) is 56.5 Å². The van der Waals surface area contributed by atoms with Crippen molar-refractivity contribution >= 4 is 21.4 Å². The van der Waals surface area contributed by atoms with E-state index in [-0.39, 0.29) is 33.3 Å². The lowest BCUT2D eigenvalue weighted by molar-refractivity contribution is -0.145. The van der Waals surface area contributed by atoms with Crippen LogP contribution in [0.4, 0.5) is 18.9 Å². The predicted molar refractivity (Wildman–Crippen MR) is 117 cm³/mol. The summed E-state index contributed by atoms with van der Waals surface area (Å²) in [6.07, 6.45) is -3.95. The molecule has 9 nitrogen and oxygen atoms in total. The maximum absolute atomic E-state index is 13.4. The molecule has 2 aromatic carbocycles. The summed E-state index contributed by atoms with van der Waals surface area (Å²) >= 11 is 0. The Morgan fingerprint density at radius 3 is 2.43 bits per heavy atom. The normalized spacial score (nSPS) is 11.5. The monoisotopic (exact) mass is 506 g/mol. The van der Waals surface area contributed by atoms with Crippen molar-refractivity contribution in [2.75, 3.05) is 18.7 Å². The Labute approximate surface area is 198 Å². The highest BCUT2D eigenvalue weighted by Gasteiger charge is 2.37. The molecule has 0 atom stereocenters. The quantitative estimate of drug-likeness (QED) is 0.528. The standard InChI is InChI=1S/C22H17F3N4O5S/c1-12-18(19(30)28-14-5-4-6-15(10-14)35(3,31)32)20(29-21(27-12)22(23,24)25)34-16-8-7-13(11-26)9-17(16)33-2/h4-10H,1-3H3,(H,28,30). The van der Waals surface area contributed by atoms with Crippen molar-refractivity contribution in [3.63, 3.8) is 0 Å². The molecule has 0 fully saturated rings. The van der Waals surface area contributed by atoms with E-state index in [1.54, 1.807) is 0 Å². The Kier molecular flexibility index (Phi) is 6.97. The summed E-state index contributed by atoms with van der Waals surface area (Å²) in [5.74, 6) is -3.28. The van der Waals surface area contributed by atoms with Crippen LogP contribution in [0.1, 0.15) is 27.4 Å². The van der Waals surface area contributed by atoms with Gasteiger partial charge in [0.2, 0.25) is 11.7 Å². The van der Waals surface area contributed by atoms with Crippen LogP contribution < -0.4 is 14.8 Å². The fourth-order valence-corrected chi connectivity index (χ4v) is 3.60. The number of aromatic nitrogens is 2. The van der Waals surface area contributed by atoms with Gasteiger partial charge in [-0.05, 0) is 37.3 Å².